The standard InChI is InChI=1S/C28H32N2O6S/c1-5-23-16-30(37(33,34)28-9-7-6-8-27(28)36-23)15-22-14-21(11-10-19(22)2)24(17-35-18-31)26-13-12-25(20(3)32)29(26)4/h6-14,18,23-24H,5,15-17H2,1-4H3/t23-,24?/m1/s1. The van der Waals surface area contributed by atoms with Crippen LogP contribution in [0.25, 0.3) is 0 Å². The number of carbonyl (C=O) groups excluding carboxylic acids is 2. The summed E-state index contributed by atoms with van der Waals surface area (Å²) in [5, 5.41) is 0. The number of aryl methyl sites for hydroxylation is 1. The molecule has 0 bridgehead atoms. The van der Waals surface area contributed by atoms with Crippen LogP contribution in [-0.4, -0.2) is 48.8 Å². The van der Waals surface area contributed by atoms with Crippen LogP contribution in [0, 0.1) is 6.92 Å². The predicted molar refractivity (Wildman–Crippen MR) is 139 cm³/mol. The van der Waals surface area contributed by atoms with E-state index in [1.807, 2.05) is 38.1 Å². The Morgan fingerprint density at radius 1 is 1.19 bits per heavy atom. The molecule has 37 heavy (non-hydrogen) atoms. The maximum absolute atomic E-state index is 13.6. The molecule has 1 aliphatic rings. The molecule has 4 rings (SSSR count). The highest BCUT2D eigenvalue weighted by molar-refractivity contribution is 7.89. The maximum atomic E-state index is 13.6. The SMILES string of the molecule is CC[C@@H]1CN(Cc2cc(C(COC=O)c3ccc(C(C)=O)n3C)ccc2C)S(=O)(=O)c2ccccc2O1. The zero-order valence-electron chi connectivity index (χ0n) is 21.5. The second-order valence-corrected chi connectivity index (χ2v) is 11.2. The number of para-hydroxylation sites is 1. The highest BCUT2D eigenvalue weighted by Gasteiger charge is 2.34. The molecule has 196 valence electrons. The van der Waals surface area contributed by atoms with E-state index in [1.165, 1.54) is 11.2 Å². The van der Waals surface area contributed by atoms with Crippen molar-refractivity contribution in [2.75, 3.05) is 13.2 Å². The summed E-state index contributed by atoms with van der Waals surface area (Å²) in [5.41, 5.74) is 4.01. The van der Waals surface area contributed by atoms with E-state index in [2.05, 4.69) is 0 Å². The fourth-order valence-electron chi connectivity index (χ4n) is 4.79. The van der Waals surface area contributed by atoms with E-state index in [0.717, 1.165) is 22.4 Å². The molecule has 1 aliphatic heterocycles. The Kier molecular flexibility index (Phi) is 7.85. The Morgan fingerprint density at radius 2 is 1.95 bits per heavy atom. The number of nitrogens with zero attached hydrogens (tertiary/aromatic N) is 2. The summed E-state index contributed by atoms with van der Waals surface area (Å²) in [4.78, 5) is 23.2. The number of Topliss-reactive ketones (excluding diaryl/α,β-unsaturated/α-hetero) is 1. The minimum atomic E-state index is -3.79. The van der Waals surface area contributed by atoms with Crippen LogP contribution in [0.2, 0.25) is 0 Å². The molecule has 0 saturated carbocycles. The second kappa shape index (κ2) is 10.9. The summed E-state index contributed by atoms with van der Waals surface area (Å²) in [5.74, 6) is -0.0260. The first-order valence-electron chi connectivity index (χ1n) is 12.2. The Bertz CT molecular complexity index is 1410. The van der Waals surface area contributed by atoms with E-state index < -0.39 is 10.0 Å². The van der Waals surface area contributed by atoms with Gasteiger partial charge in [-0.2, -0.15) is 4.31 Å². The van der Waals surface area contributed by atoms with Gasteiger partial charge in [0.05, 0.1) is 18.2 Å². The molecule has 0 fully saturated rings. The van der Waals surface area contributed by atoms with Crippen molar-refractivity contribution < 1.29 is 27.5 Å². The van der Waals surface area contributed by atoms with Crippen LogP contribution in [0.4, 0.5) is 0 Å². The zero-order valence-corrected chi connectivity index (χ0v) is 22.3. The van der Waals surface area contributed by atoms with Crippen LogP contribution in [0.5, 0.6) is 5.75 Å². The fourth-order valence-corrected chi connectivity index (χ4v) is 6.36. The number of benzene rings is 2. The van der Waals surface area contributed by atoms with Gasteiger partial charge in [-0.3, -0.25) is 9.59 Å². The molecule has 0 spiro atoms. The number of aromatic nitrogens is 1. The summed E-state index contributed by atoms with van der Waals surface area (Å²) in [6.45, 7) is 6.32. The fraction of sp³-hybridized carbons (Fsp3) is 0.357. The summed E-state index contributed by atoms with van der Waals surface area (Å²) in [6.07, 6.45) is 0.389. The Morgan fingerprint density at radius 3 is 2.62 bits per heavy atom. The van der Waals surface area contributed by atoms with Crippen molar-refractivity contribution in [3.8, 4) is 5.75 Å². The number of ketones is 1. The minimum absolute atomic E-state index is 0.0623. The lowest BCUT2D eigenvalue weighted by Gasteiger charge is -2.24. The highest BCUT2D eigenvalue weighted by atomic mass is 32.2. The molecule has 0 amide bonds. The smallest absolute Gasteiger partial charge is 0.293 e. The van der Waals surface area contributed by atoms with Crippen LogP contribution < -0.4 is 4.74 Å². The third-order valence-corrected chi connectivity index (χ3v) is 8.81. The lowest BCUT2D eigenvalue weighted by molar-refractivity contribution is -0.129. The number of hydrogen-bond acceptors (Lipinski definition) is 6. The van der Waals surface area contributed by atoms with Gasteiger partial charge in [0.15, 0.2) is 5.78 Å². The molecule has 0 saturated heterocycles. The average Bonchev–Trinajstić information content (AvgIpc) is 3.21. The topological polar surface area (TPSA) is 94.9 Å². The summed E-state index contributed by atoms with van der Waals surface area (Å²) in [6, 6.07) is 16.2. The van der Waals surface area contributed by atoms with Crippen molar-refractivity contribution in [2.24, 2.45) is 7.05 Å². The van der Waals surface area contributed by atoms with Crippen molar-refractivity contribution in [2.45, 2.75) is 50.7 Å². The minimum Gasteiger partial charge on any atom is -0.488 e. The van der Waals surface area contributed by atoms with Crippen molar-refractivity contribution in [1.29, 1.82) is 0 Å². The second-order valence-electron chi connectivity index (χ2n) is 9.32. The van der Waals surface area contributed by atoms with Crippen molar-refractivity contribution in [3.05, 3.63) is 82.7 Å². The van der Waals surface area contributed by atoms with E-state index >= 15 is 0 Å². The lowest BCUT2D eigenvalue weighted by atomic mass is 9.93. The molecule has 3 aromatic rings. The highest BCUT2D eigenvalue weighted by Crippen LogP contribution is 2.34. The maximum Gasteiger partial charge on any atom is 0.293 e. The summed E-state index contributed by atoms with van der Waals surface area (Å²) in [7, 11) is -1.99. The average molecular weight is 525 g/mol. The van der Waals surface area contributed by atoms with Crippen LogP contribution in [-0.2, 0) is 33.1 Å². The van der Waals surface area contributed by atoms with Gasteiger partial charge in [-0.15, -0.1) is 0 Å². The molecule has 1 aromatic heterocycles. The number of hydrogen-bond donors (Lipinski definition) is 0. The molecular weight excluding hydrogens is 492 g/mol. The Labute approximate surface area is 217 Å². The molecule has 1 unspecified atom stereocenters. The summed E-state index contributed by atoms with van der Waals surface area (Å²) >= 11 is 0. The van der Waals surface area contributed by atoms with Crippen molar-refractivity contribution in [3.63, 3.8) is 0 Å². The van der Waals surface area contributed by atoms with Crippen LogP contribution >= 0.6 is 0 Å². The molecule has 8 nitrogen and oxygen atoms in total. The molecule has 0 aliphatic carbocycles. The van der Waals surface area contributed by atoms with Crippen LogP contribution in [0.15, 0.2) is 59.5 Å². The van der Waals surface area contributed by atoms with Gasteiger partial charge < -0.3 is 14.0 Å². The van der Waals surface area contributed by atoms with E-state index in [4.69, 9.17) is 9.47 Å². The molecule has 2 heterocycles. The number of fused-ring (bicyclic) bond motifs is 1. The first-order valence-corrected chi connectivity index (χ1v) is 13.7. The largest absolute Gasteiger partial charge is 0.488 e. The number of rotatable bonds is 9. The van der Waals surface area contributed by atoms with E-state index in [-0.39, 0.29) is 42.4 Å². The van der Waals surface area contributed by atoms with Gasteiger partial charge in [-0.25, -0.2) is 8.42 Å². The molecule has 0 N–H and O–H groups in total. The number of sulfonamides is 1. The van der Waals surface area contributed by atoms with Crippen LogP contribution in [0.1, 0.15) is 59.1 Å². The van der Waals surface area contributed by atoms with Gasteiger partial charge in [-0.05, 0) is 54.3 Å². The summed E-state index contributed by atoms with van der Waals surface area (Å²) < 4.78 is 41.8. The predicted octanol–water partition coefficient (Wildman–Crippen LogP) is 4.20. The van der Waals surface area contributed by atoms with E-state index in [1.54, 1.807) is 41.9 Å². The van der Waals surface area contributed by atoms with Gasteiger partial charge in [-0.1, -0.05) is 37.3 Å². The molecule has 9 heteroatoms. The third-order valence-electron chi connectivity index (χ3n) is 6.95. The van der Waals surface area contributed by atoms with E-state index in [0.29, 0.717) is 24.3 Å². The zero-order chi connectivity index (χ0) is 26.7. The number of carbonyl (C=O) groups is 2. The monoisotopic (exact) mass is 524 g/mol. The van der Waals surface area contributed by atoms with E-state index in [9.17, 15) is 18.0 Å². The van der Waals surface area contributed by atoms with Crippen LogP contribution in [0.3, 0.4) is 0 Å². The Hall–Kier alpha value is -3.43. The van der Waals surface area contributed by atoms with Gasteiger partial charge in [0.25, 0.3) is 6.47 Å². The van der Waals surface area contributed by atoms with Crippen molar-refractivity contribution in [1.82, 2.24) is 8.87 Å². The van der Waals surface area contributed by atoms with Crippen molar-refractivity contribution >= 4 is 22.3 Å². The molecule has 2 atom stereocenters. The quantitative estimate of drug-likeness (QED) is 0.308. The van der Waals surface area contributed by atoms with Gasteiger partial charge >= 0.3 is 0 Å². The molecular formula is C28H32N2O6S. The van der Waals surface area contributed by atoms with Gasteiger partial charge in [0.2, 0.25) is 10.0 Å². The molecule has 2 aromatic carbocycles. The first kappa shape index (κ1) is 26.6. The normalized spacial score (nSPS) is 17.8. The first-order chi connectivity index (χ1) is 17.7. The Balaban J connectivity index is 1.74. The number of ether oxygens (including phenoxy) is 2. The van der Waals surface area contributed by atoms with Gasteiger partial charge in [0.1, 0.15) is 23.4 Å². The van der Waals surface area contributed by atoms with Gasteiger partial charge in [0, 0.05) is 26.2 Å². The lowest BCUT2D eigenvalue weighted by Crippen LogP contribution is -2.36. The molecule has 0 radical (unpaired) electrons. The third kappa shape index (κ3) is 5.33.